The van der Waals surface area contributed by atoms with Gasteiger partial charge in [-0.05, 0) is 49.8 Å². The molecule has 0 aliphatic heterocycles. The third-order valence-corrected chi connectivity index (χ3v) is 8.47. The number of halogens is 1. The molecule has 4 rings (SSSR count). The molecule has 0 saturated heterocycles. The second-order valence-electron chi connectivity index (χ2n) is 7.83. The SMILES string of the molecule is NC1CCC(S(=O)(=O)c2cc3c(cc2Cl)[nH]c(=O)c2[nH]cc(CCCC(=O)O)c23)C1. The van der Waals surface area contributed by atoms with Crippen LogP contribution in [0.5, 0.6) is 0 Å². The van der Waals surface area contributed by atoms with Crippen molar-refractivity contribution in [3.8, 4) is 0 Å². The Morgan fingerprint density at radius 1 is 1.30 bits per heavy atom. The van der Waals surface area contributed by atoms with Crippen molar-refractivity contribution in [3.05, 3.63) is 39.3 Å². The van der Waals surface area contributed by atoms with Gasteiger partial charge in [0, 0.05) is 29.4 Å². The fourth-order valence-corrected chi connectivity index (χ4v) is 6.68. The summed E-state index contributed by atoms with van der Waals surface area (Å²) in [6, 6.07) is 2.84. The van der Waals surface area contributed by atoms with Crippen molar-refractivity contribution in [2.24, 2.45) is 5.73 Å². The third-order valence-electron chi connectivity index (χ3n) is 5.79. The highest BCUT2D eigenvalue weighted by Gasteiger charge is 2.35. The second-order valence-corrected chi connectivity index (χ2v) is 10.4. The van der Waals surface area contributed by atoms with Crippen LogP contribution in [0, 0.1) is 0 Å². The minimum atomic E-state index is -3.69. The van der Waals surface area contributed by atoms with Crippen molar-refractivity contribution in [1.82, 2.24) is 9.97 Å². The number of nitrogens with one attached hydrogen (secondary N) is 2. The van der Waals surface area contributed by atoms with Crippen molar-refractivity contribution in [3.63, 3.8) is 0 Å². The molecule has 1 saturated carbocycles. The summed E-state index contributed by atoms with van der Waals surface area (Å²) in [5.74, 6) is -0.896. The summed E-state index contributed by atoms with van der Waals surface area (Å²) in [7, 11) is -3.69. The van der Waals surface area contributed by atoms with E-state index in [-0.39, 0.29) is 27.9 Å². The summed E-state index contributed by atoms with van der Waals surface area (Å²) < 4.78 is 26.5. The quantitative estimate of drug-likeness (QED) is 0.453. The van der Waals surface area contributed by atoms with Crippen molar-refractivity contribution >= 4 is 49.2 Å². The minimum absolute atomic E-state index is 0.00118. The van der Waals surface area contributed by atoms with E-state index in [2.05, 4.69) is 9.97 Å². The van der Waals surface area contributed by atoms with Crippen LogP contribution in [-0.4, -0.2) is 40.8 Å². The van der Waals surface area contributed by atoms with E-state index in [0.29, 0.717) is 53.9 Å². The molecule has 1 aliphatic rings. The molecule has 8 nitrogen and oxygen atoms in total. The van der Waals surface area contributed by atoms with Crippen LogP contribution in [0.4, 0.5) is 0 Å². The molecule has 2 heterocycles. The van der Waals surface area contributed by atoms with Gasteiger partial charge in [-0.1, -0.05) is 11.6 Å². The summed E-state index contributed by atoms with van der Waals surface area (Å²) in [4.78, 5) is 29.0. The molecule has 2 aromatic heterocycles. The van der Waals surface area contributed by atoms with E-state index in [1.807, 2.05) is 0 Å². The normalized spacial score (nSPS) is 19.7. The van der Waals surface area contributed by atoms with Crippen LogP contribution in [0.15, 0.2) is 28.0 Å². The Labute approximate surface area is 177 Å². The number of aromatic nitrogens is 2. The summed E-state index contributed by atoms with van der Waals surface area (Å²) in [5, 5.41) is 9.52. The van der Waals surface area contributed by atoms with Gasteiger partial charge in [0.2, 0.25) is 0 Å². The van der Waals surface area contributed by atoms with Gasteiger partial charge in [-0.25, -0.2) is 8.42 Å². The number of carboxylic acids is 1. The van der Waals surface area contributed by atoms with Gasteiger partial charge in [-0.3, -0.25) is 9.59 Å². The molecule has 5 N–H and O–H groups in total. The van der Waals surface area contributed by atoms with Crippen LogP contribution in [-0.2, 0) is 21.1 Å². The number of hydrogen-bond acceptors (Lipinski definition) is 5. The van der Waals surface area contributed by atoms with Gasteiger partial charge in [-0.15, -0.1) is 0 Å². The number of carboxylic acid groups (broad SMARTS) is 1. The molecule has 1 fully saturated rings. The largest absolute Gasteiger partial charge is 0.481 e. The highest BCUT2D eigenvalue weighted by Crippen LogP contribution is 2.36. The van der Waals surface area contributed by atoms with E-state index in [1.165, 1.54) is 12.1 Å². The first-order chi connectivity index (χ1) is 14.2. The summed E-state index contributed by atoms with van der Waals surface area (Å²) in [6.45, 7) is 0. The van der Waals surface area contributed by atoms with E-state index in [9.17, 15) is 18.0 Å². The van der Waals surface area contributed by atoms with Crippen LogP contribution in [0.1, 0.15) is 37.7 Å². The maximum absolute atomic E-state index is 13.2. The molecule has 160 valence electrons. The van der Waals surface area contributed by atoms with Gasteiger partial charge in [0.05, 0.1) is 20.7 Å². The smallest absolute Gasteiger partial charge is 0.303 e. The van der Waals surface area contributed by atoms with Gasteiger partial charge in [-0.2, -0.15) is 0 Å². The number of pyridine rings is 1. The average molecular weight is 452 g/mol. The molecule has 2 atom stereocenters. The maximum Gasteiger partial charge on any atom is 0.303 e. The Bertz CT molecular complexity index is 1310. The average Bonchev–Trinajstić information content (AvgIpc) is 3.28. The topological polar surface area (TPSA) is 146 Å². The van der Waals surface area contributed by atoms with Gasteiger partial charge in [0.1, 0.15) is 5.52 Å². The third kappa shape index (κ3) is 3.61. The number of hydrogen-bond donors (Lipinski definition) is 4. The van der Waals surface area contributed by atoms with Crippen LogP contribution >= 0.6 is 11.6 Å². The molecule has 10 heteroatoms. The van der Waals surface area contributed by atoms with E-state index >= 15 is 0 Å². The first kappa shape index (κ1) is 20.9. The fourth-order valence-electron chi connectivity index (χ4n) is 4.28. The van der Waals surface area contributed by atoms with Gasteiger partial charge in [0.15, 0.2) is 9.84 Å². The number of carbonyl (C=O) groups is 1. The zero-order valence-electron chi connectivity index (χ0n) is 16.1. The monoisotopic (exact) mass is 451 g/mol. The molecule has 3 aromatic rings. The van der Waals surface area contributed by atoms with E-state index < -0.39 is 21.1 Å². The van der Waals surface area contributed by atoms with E-state index in [4.69, 9.17) is 22.4 Å². The number of sulfone groups is 1. The zero-order valence-corrected chi connectivity index (χ0v) is 17.6. The van der Waals surface area contributed by atoms with Gasteiger partial charge < -0.3 is 20.8 Å². The Kier molecular flexibility index (Phi) is 5.37. The summed E-state index contributed by atoms with van der Waals surface area (Å²) >= 11 is 6.33. The first-order valence-corrected chi connectivity index (χ1v) is 11.7. The Morgan fingerprint density at radius 3 is 2.73 bits per heavy atom. The molecule has 2 unspecified atom stereocenters. The van der Waals surface area contributed by atoms with E-state index in [0.717, 1.165) is 5.56 Å². The molecule has 0 spiro atoms. The first-order valence-electron chi connectivity index (χ1n) is 9.75. The number of fused-ring (bicyclic) bond motifs is 3. The Hall–Kier alpha value is -2.36. The van der Waals surface area contributed by atoms with Crippen molar-refractivity contribution in [2.75, 3.05) is 0 Å². The highest BCUT2D eigenvalue weighted by molar-refractivity contribution is 7.92. The molecule has 1 aliphatic carbocycles. The van der Waals surface area contributed by atoms with Crippen LogP contribution in [0.2, 0.25) is 5.02 Å². The lowest BCUT2D eigenvalue weighted by atomic mass is 10.0. The van der Waals surface area contributed by atoms with Gasteiger partial charge in [0.25, 0.3) is 5.56 Å². The lowest BCUT2D eigenvalue weighted by Crippen LogP contribution is -2.22. The zero-order chi connectivity index (χ0) is 21.6. The number of rotatable bonds is 6. The number of nitrogens with two attached hydrogens (primary N) is 1. The predicted molar refractivity (Wildman–Crippen MR) is 115 cm³/mol. The number of benzene rings is 1. The molecule has 0 bridgehead atoms. The molecule has 30 heavy (non-hydrogen) atoms. The predicted octanol–water partition coefficient (Wildman–Crippen LogP) is 2.72. The standard InChI is InChI=1S/C20H22ClN3O5S/c21-14-8-15-13(7-16(14)30(28,29)12-5-4-11(22)6-12)18-10(2-1-3-17(25)26)9-23-19(18)20(27)24-15/h7-9,11-12,23H,1-6,22H2,(H,24,27)(H,25,26). The fraction of sp³-hybridized carbons (Fsp3) is 0.400. The molecule has 0 amide bonds. The Balaban J connectivity index is 1.88. The number of aromatic amines is 2. The number of aryl methyl sites for hydroxylation is 1. The minimum Gasteiger partial charge on any atom is -0.481 e. The van der Waals surface area contributed by atoms with Crippen LogP contribution < -0.4 is 11.3 Å². The van der Waals surface area contributed by atoms with E-state index in [1.54, 1.807) is 6.20 Å². The second kappa shape index (κ2) is 7.72. The molecular weight excluding hydrogens is 430 g/mol. The molecular formula is C20H22ClN3O5S. The highest BCUT2D eigenvalue weighted by atomic mass is 35.5. The van der Waals surface area contributed by atoms with Crippen molar-refractivity contribution in [1.29, 1.82) is 0 Å². The Morgan fingerprint density at radius 2 is 2.07 bits per heavy atom. The van der Waals surface area contributed by atoms with Crippen LogP contribution in [0.25, 0.3) is 21.8 Å². The van der Waals surface area contributed by atoms with Crippen LogP contribution in [0.3, 0.4) is 0 Å². The van der Waals surface area contributed by atoms with Gasteiger partial charge >= 0.3 is 5.97 Å². The van der Waals surface area contributed by atoms with Crippen molar-refractivity contribution in [2.45, 2.75) is 54.7 Å². The lowest BCUT2D eigenvalue weighted by molar-refractivity contribution is -0.137. The lowest BCUT2D eigenvalue weighted by Gasteiger charge is -2.14. The molecule has 0 radical (unpaired) electrons. The maximum atomic E-state index is 13.2. The number of aliphatic carboxylic acids is 1. The van der Waals surface area contributed by atoms with Crippen molar-refractivity contribution < 1.29 is 18.3 Å². The number of H-pyrrole nitrogens is 2. The summed E-state index contributed by atoms with van der Waals surface area (Å²) in [5.41, 5.74) is 7.07. The molecule has 1 aromatic carbocycles. The summed E-state index contributed by atoms with van der Waals surface area (Å²) in [6.07, 6.45) is 4.04.